The first-order valence-corrected chi connectivity index (χ1v) is 8.74. The van der Waals surface area contributed by atoms with E-state index in [9.17, 15) is 9.59 Å². The minimum atomic E-state index is -0.848. The van der Waals surface area contributed by atoms with Gasteiger partial charge < -0.3 is 19.3 Å². The van der Waals surface area contributed by atoms with Gasteiger partial charge in [0, 0.05) is 38.6 Å². The summed E-state index contributed by atoms with van der Waals surface area (Å²) in [6, 6.07) is 8.33. The highest BCUT2D eigenvalue weighted by molar-refractivity contribution is 5.92. The summed E-state index contributed by atoms with van der Waals surface area (Å²) in [4.78, 5) is 37.0. The Morgan fingerprint density at radius 1 is 1.04 bits per heavy atom. The van der Waals surface area contributed by atoms with Crippen LogP contribution in [0.4, 0.5) is 5.95 Å². The Labute approximate surface area is 157 Å². The summed E-state index contributed by atoms with van der Waals surface area (Å²) >= 11 is 0. The molecule has 3 rings (SSSR count). The summed E-state index contributed by atoms with van der Waals surface area (Å²) < 4.78 is 10.4. The van der Waals surface area contributed by atoms with Crippen LogP contribution in [-0.4, -0.2) is 66.1 Å². The largest absolute Gasteiger partial charge is 0.497 e. The maximum atomic E-state index is 12.6. The molecule has 0 N–H and O–H groups in total. The zero-order valence-electron chi connectivity index (χ0n) is 15.4. The molecule has 1 aromatic carbocycles. The second kappa shape index (κ2) is 8.48. The summed E-state index contributed by atoms with van der Waals surface area (Å²) in [5.41, 5.74) is 0.376. The maximum Gasteiger partial charge on any atom is 0.338 e. The molecule has 1 aromatic heterocycles. The monoisotopic (exact) mass is 370 g/mol. The molecule has 1 aliphatic rings. The lowest BCUT2D eigenvalue weighted by Gasteiger charge is -2.35. The van der Waals surface area contributed by atoms with Crippen molar-refractivity contribution in [2.45, 2.75) is 13.0 Å². The highest BCUT2D eigenvalue weighted by Gasteiger charge is 2.28. The van der Waals surface area contributed by atoms with Crippen molar-refractivity contribution in [2.24, 2.45) is 0 Å². The Hall–Kier alpha value is -3.16. The molecule has 27 heavy (non-hydrogen) atoms. The molecule has 8 heteroatoms. The molecule has 1 amide bonds. The predicted octanol–water partition coefficient (Wildman–Crippen LogP) is 1.38. The number of carbonyl (C=O) groups excluding carboxylic acids is 2. The Morgan fingerprint density at radius 3 is 2.26 bits per heavy atom. The van der Waals surface area contributed by atoms with Crippen LogP contribution in [0.5, 0.6) is 5.75 Å². The van der Waals surface area contributed by atoms with Gasteiger partial charge in [0.05, 0.1) is 12.7 Å². The SMILES string of the molecule is COc1ccc(C(=O)OC(C)C(=O)N2CCN(c3ncccn3)CC2)cc1. The summed E-state index contributed by atoms with van der Waals surface area (Å²) in [6.07, 6.45) is 2.54. The number of hydrogen-bond acceptors (Lipinski definition) is 7. The number of amides is 1. The zero-order chi connectivity index (χ0) is 19.2. The molecular weight excluding hydrogens is 348 g/mol. The second-order valence-corrected chi connectivity index (χ2v) is 6.14. The van der Waals surface area contributed by atoms with Crippen LogP contribution in [0.25, 0.3) is 0 Å². The van der Waals surface area contributed by atoms with Crippen molar-refractivity contribution in [1.29, 1.82) is 0 Å². The van der Waals surface area contributed by atoms with Crippen molar-refractivity contribution in [3.63, 3.8) is 0 Å². The van der Waals surface area contributed by atoms with Crippen molar-refractivity contribution in [3.05, 3.63) is 48.3 Å². The van der Waals surface area contributed by atoms with E-state index >= 15 is 0 Å². The third kappa shape index (κ3) is 4.52. The average Bonchev–Trinajstić information content (AvgIpc) is 2.74. The summed E-state index contributed by atoms with van der Waals surface area (Å²) in [7, 11) is 1.55. The summed E-state index contributed by atoms with van der Waals surface area (Å²) in [5.74, 6) is 0.569. The number of ether oxygens (including phenoxy) is 2. The number of piperazine rings is 1. The number of anilines is 1. The van der Waals surface area contributed by atoms with E-state index in [1.165, 1.54) is 0 Å². The van der Waals surface area contributed by atoms with E-state index in [4.69, 9.17) is 9.47 Å². The van der Waals surface area contributed by atoms with E-state index in [-0.39, 0.29) is 5.91 Å². The molecule has 142 valence electrons. The van der Waals surface area contributed by atoms with E-state index in [1.807, 2.05) is 4.90 Å². The van der Waals surface area contributed by atoms with E-state index < -0.39 is 12.1 Å². The predicted molar refractivity (Wildman–Crippen MR) is 98.7 cm³/mol. The molecule has 2 aromatic rings. The quantitative estimate of drug-likeness (QED) is 0.735. The van der Waals surface area contributed by atoms with Gasteiger partial charge >= 0.3 is 5.97 Å². The molecule has 1 aliphatic heterocycles. The number of nitrogens with zero attached hydrogens (tertiary/aromatic N) is 4. The second-order valence-electron chi connectivity index (χ2n) is 6.14. The van der Waals surface area contributed by atoms with E-state index in [0.717, 1.165) is 0 Å². The van der Waals surface area contributed by atoms with Gasteiger partial charge in [-0.15, -0.1) is 0 Å². The van der Waals surface area contributed by atoms with Gasteiger partial charge in [0.1, 0.15) is 5.75 Å². The van der Waals surface area contributed by atoms with Gasteiger partial charge in [-0.2, -0.15) is 0 Å². The molecule has 1 unspecified atom stereocenters. The van der Waals surface area contributed by atoms with Crippen molar-refractivity contribution in [2.75, 3.05) is 38.2 Å². The summed E-state index contributed by atoms with van der Waals surface area (Å²) in [6.45, 7) is 3.92. The fourth-order valence-electron chi connectivity index (χ4n) is 2.84. The molecule has 0 bridgehead atoms. The maximum absolute atomic E-state index is 12.6. The van der Waals surface area contributed by atoms with Crippen molar-refractivity contribution < 1.29 is 19.1 Å². The molecule has 2 heterocycles. The van der Waals surface area contributed by atoms with Crippen LogP contribution >= 0.6 is 0 Å². The van der Waals surface area contributed by atoms with Crippen LogP contribution in [-0.2, 0) is 9.53 Å². The van der Waals surface area contributed by atoms with Gasteiger partial charge in [-0.25, -0.2) is 14.8 Å². The Kier molecular flexibility index (Phi) is 5.85. The van der Waals surface area contributed by atoms with Crippen molar-refractivity contribution >= 4 is 17.8 Å². The highest BCUT2D eigenvalue weighted by Crippen LogP contribution is 2.14. The molecule has 0 aliphatic carbocycles. The van der Waals surface area contributed by atoms with Crippen LogP contribution < -0.4 is 9.64 Å². The third-order valence-electron chi connectivity index (χ3n) is 4.38. The van der Waals surface area contributed by atoms with E-state index in [2.05, 4.69) is 9.97 Å². The third-order valence-corrected chi connectivity index (χ3v) is 4.38. The molecular formula is C19H22N4O4. The van der Waals surface area contributed by atoms with Crippen molar-refractivity contribution in [3.8, 4) is 5.75 Å². The molecule has 1 atom stereocenters. The molecule has 0 saturated carbocycles. The van der Waals surface area contributed by atoms with E-state index in [0.29, 0.717) is 43.4 Å². The normalized spacial score (nSPS) is 15.2. The molecule has 1 fully saturated rings. The lowest BCUT2D eigenvalue weighted by molar-refractivity contribution is -0.140. The minimum Gasteiger partial charge on any atom is -0.497 e. The van der Waals surface area contributed by atoms with Gasteiger partial charge in [-0.05, 0) is 37.3 Å². The van der Waals surface area contributed by atoms with Crippen LogP contribution in [0, 0.1) is 0 Å². The van der Waals surface area contributed by atoms with Gasteiger partial charge in [0.25, 0.3) is 5.91 Å². The number of rotatable bonds is 5. The first-order valence-electron chi connectivity index (χ1n) is 8.74. The van der Waals surface area contributed by atoms with Crippen LogP contribution in [0.15, 0.2) is 42.7 Å². The van der Waals surface area contributed by atoms with Gasteiger partial charge in [0.15, 0.2) is 6.10 Å². The lowest BCUT2D eigenvalue weighted by Crippen LogP contribution is -2.52. The molecule has 1 saturated heterocycles. The Balaban J connectivity index is 1.52. The zero-order valence-corrected chi connectivity index (χ0v) is 15.4. The van der Waals surface area contributed by atoms with Gasteiger partial charge in [-0.3, -0.25) is 4.79 Å². The number of methoxy groups -OCH3 is 1. The number of hydrogen-bond donors (Lipinski definition) is 0. The van der Waals surface area contributed by atoms with Crippen LogP contribution in [0.1, 0.15) is 17.3 Å². The van der Waals surface area contributed by atoms with Gasteiger partial charge in [0.2, 0.25) is 5.95 Å². The number of benzene rings is 1. The number of aromatic nitrogens is 2. The fourth-order valence-corrected chi connectivity index (χ4v) is 2.84. The van der Waals surface area contributed by atoms with Crippen molar-refractivity contribution in [1.82, 2.24) is 14.9 Å². The molecule has 0 spiro atoms. The lowest BCUT2D eigenvalue weighted by atomic mass is 10.2. The van der Waals surface area contributed by atoms with Crippen LogP contribution in [0.3, 0.4) is 0 Å². The van der Waals surface area contributed by atoms with E-state index in [1.54, 1.807) is 61.7 Å². The highest BCUT2D eigenvalue weighted by atomic mass is 16.5. The molecule has 8 nitrogen and oxygen atoms in total. The molecule has 0 radical (unpaired) electrons. The smallest absolute Gasteiger partial charge is 0.338 e. The topological polar surface area (TPSA) is 84.9 Å². The van der Waals surface area contributed by atoms with Crippen LogP contribution in [0.2, 0.25) is 0 Å². The van der Waals surface area contributed by atoms with Gasteiger partial charge in [-0.1, -0.05) is 0 Å². The number of esters is 1. The first kappa shape index (κ1) is 18.6. The summed E-state index contributed by atoms with van der Waals surface area (Å²) in [5, 5.41) is 0. The first-order chi connectivity index (χ1) is 13.1. The standard InChI is InChI=1S/C19H22N4O4/c1-14(27-18(25)15-4-6-16(26-2)7-5-15)17(24)22-10-12-23(13-11-22)19-20-8-3-9-21-19/h3-9,14H,10-13H2,1-2H3. The minimum absolute atomic E-state index is 0.203. The average molecular weight is 370 g/mol. The number of carbonyl (C=O) groups is 2. The Morgan fingerprint density at radius 2 is 1.67 bits per heavy atom. The Bertz CT molecular complexity index is 774. The fraction of sp³-hybridized carbons (Fsp3) is 0.368.